The average Bonchev–Trinajstić information content (AvgIpc) is 3.02. The Morgan fingerprint density at radius 1 is 1.05 bits per heavy atom. The molecule has 2 aromatic heterocycles. The van der Waals surface area contributed by atoms with Gasteiger partial charge in [0.15, 0.2) is 0 Å². The standard InChI is InChI=1S/C15H12Cl2N4O/c16-10-3-4-13(12(17)6-10)21-15-7-14(19-9-20-15)18-8-11-2-1-5-22-11/h1-7,9H,8H2,(H2,18,19,20,21). The summed E-state index contributed by atoms with van der Waals surface area (Å²) in [5, 5.41) is 7.39. The Balaban J connectivity index is 1.70. The predicted octanol–water partition coefficient (Wildman–Crippen LogP) is 4.73. The molecule has 2 N–H and O–H groups in total. The lowest BCUT2D eigenvalue weighted by Crippen LogP contribution is -2.02. The smallest absolute Gasteiger partial charge is 0.135 e. The number of halogens is 2. The minimum Gasteiger partial charge on any atom is -0.467 e. The SMILES string of the molecule is Clc1ccc(Nc2cc(NCc3ccco3)ncn2)c(Cl)c1. The number of nitrogens with zero attached hydrogens (tertiary/aromatic N) is 2. The van der Waals surface area contributed by atoms with Gasteiger partial charge in [-0.1, -0.05) is 23.2 Å². The summed E-state index contributed by atoms with van der Waals surface area (Å²) in [6.07, 6.45) is 3.10. The van der Waals surface area contributed by atoms with Crippen molar-refractivity contribution in [2.45, 2.75) is 6.54 Å². The zero-order valence-corrected chi connectivity index (χ0v) is 12.9. The second-order valence-corrected chi connectivity index (χ2v) is 5.31. The fourth-order valence-electron chi connectivity index (χ4n) is 1.84. The molecule has 22 heavy (non-hydrogen) atoms. The lowest BCUT2D eigenvalue weighted by atomic mass is 10.3. The molecule has 0 bridgehead atoms. The van der Waals surface area contributed by atoms with E-state index in [1.165, 1.54) is 6.33 Å². The van der Waals surface area contributed by atoms with Gasteiger partial charge in [-0.2, -0.15) is 0 Å². The average molecular weight is 335 g/mol. The van der Waals surface area contributed by atoms with E-state index in [1.54, 1.807) is 30.5 Å². The van der Waals surface area contributed by atoms with Crippen molar-refractivity contribution < 1.29 is 4.42 Å². The fourth-order valence-corrected chi connectivity index (χ4v) is 2.30. The summed E-state index contributed by atoms with van der Waals surface area (Å²) in [7, 11) is 0. The fraction of sp³-hybridized carbons (Fsp3) is 0.0667. The molecule has 0 aliphatic heterocycles. The molecule has 0 aliphatic rings. The van der Waals surface area contributed by atoms with Crippen LogP contribution < -0.4 is 10.6 Å². The molecule has 0 radical (unpaired) electrons. The van der Waals surface area contributed by atoms with Gasteiger partial charge in [-0.15, -0.1) is 0 Å². The van der Waals surface area contributed by atoms with Crippen LogP contribution in [-0.4, -0.2) is 9.97 Å². The Hall–Kier alpha value is -2.24. The molecule has 0 saturated carbocycles. The van der Waals surface area contributed by atoms with Crippen molar-refractivity contribution in [2.75, 3.05) is 10.6 Å². The zero-order valence-electron chi connectivity index (χ0n) is 11.4. The van der Waals surface area contributed by atoms with Crippen molar-refractivity contribution in [3.8, 4) is 0 Å². The first-order valence-electron chi connectivity index (χ1n) is 6.51. The highest BCUT2D eigenvalue weighted by atomic mass is 35.5. The maximum absolute atomic E-state index is 6.13. The number of benzene rings is 1. The van der Waals surface area contributed by atoms with Gasteiger partial charge >= 0.3 is 0 Å². The third-order valence-electron chi connectivity index (χ3n) is 2.88. The van der Waals surface area contributed by atoms with E-state index in [1.807, 2.05) is 12.1 Å². The predicted molar refractivity (Wildman–Crippen MR) is 87.8 cm³/mol. The molecule has 112 valence electrons. The van der Waals surface area contributed by atoms with E-state index in [0.717, 1.165) is 11.4 Å². The van der Waals surface area contributed by atoms with Crippen molar-refractivity contribution in [1.82, 2.24) is 9.97 Å². The molecule has 2 heterocycles. The summed E-state index contributed by atoms with van der Waals surface area (Å²) in [6, 6.07) is 10.7. The monoisotopic (exact) mass is 334 g/mol. The molecule has 0 amide bonds. The number of nitrogens with one attached hydrogen (secondary N) is 2. The van der Waals surface area contributed by atoms with E-state index in [2.05, 4.69) is 20.6 Å². The molecule has 0 fully saturated rings. The van der Waals surface area contributed by atoms with Crippen LogP contribution in [0.2, 0.25) is 10.0 Å². The zero-order chi connectivity index (χ0) is 15.4. The van der Waals surface area contributed by atoms with Crippen LogP contribution in [0.5, 0.6) is 0 Å². The van der Waals surface area contributed by atoms with Gasteiger partial charge in [0.2, 0.25) is 0 Å². The number of furan rings is 1. The van der Waals surface area contributed by atoms with Crippen LogP contribution >= 0.6 is 23.2 Å². The summed E-state index contributed by atoms with van der Waals surface area (Å²) in [5.74, 6) is 2.13. The van der Waals surface area contributed by atoms with Gasteiger partial charge in [-0.3, -0.25) is 0 Å². The number of aromatic nitrogens is 2. The third-order valence-corrected chi connectivity index (χ3v) is 3.43. The van der Waals surface area contributed by atoms with Gasteiger partial charge in [0.05, 0.1) is 23.5 Å². The van der Waals surface area contributed by atoms with E-state index in [4.69, 9.17) is 27.6 Å². The molecule has 0 aliphatic carbocycles. The Bertz CT molecular complexity index is 762. The van der Waals surface area contributed by atoms with Gasteiger partial charge in [0, 0.05) is 11.1 Å². The van der Waals surface area contributed by atoms with Crippen molar-refractivity contribution in [1.29, 1.82) is 0 Å². The van der Waals surface area contributed by atoms with Crippen molar-refractivity contribution in [3.63, 3.8) is 0 Å². The molecule has 0 saturated heterocycles. The molecule has 0 unspecified atom stereocenters. The van der Waals surface area contributed by atoms with Crippen LogP contribution in [-0.2, 0) is 6.54 Å². The van der Waals surface area contributed by atoms with Crippen molar-refractivity contribution >= 4 is 40.5 Å². The van der Waals surface area contributed by atoms with Crippen LogP contribution in [0, 0.1) is 0 Å². The van der Waals surface area contributed by atoms with Crippen LogP contribution in [0.1, 0.15) is 5.76 Å². The summed E-state index contributed by atoms with van der Waals surface area (Å²) < 4.78 is 5.26. The Kier molecular flexibility index (Phi) is 4.46. The number of anilines is 3. The normalized spacial score (nSPS) is 10.5. The molecule has 3 aromatic rings. The van der Waals surface area contributed by atoms with Crippen LogP contribution in [0.3, 0.4) is 0 Å². The summed E-state index contributed by atoms with van der Waals surface area (Å²) in [6.45, 7) is 0.547. The third kappa shape index (κ3) is 3.69. The van der Waals surface area contributed by atoms with E-state index < -0.39 is 0 Å². The molecule has 7 heteroatoms. The quantitative estimate of drug-likeness (QED) is 0.706. The lowest BCUT2D eigenvalue weighted by molar-refractivity contribution is 0.518. The van der Waals surface area contributed by atoms with E-state index >= 15 is 0 Å². The van der Waals surface area contributed by atoms with Crippen LogP contribution in [0.25, 0.3) is 0 Å². The summed E-state index contributed by atoms with van der Waals surface area (Å²) >= 11 is 12.0. The molecular weight excluding hydrogens is 323 g/mol. The highest BCUT2D eigenvalue weighted by molar-refractivity contribution is 6.36. The van der Waals surface area contributed by atoms with Crippen LogP contribution in [0.4, 0.5) is 17.3 Å². The Morgan fingerprint density at radius 2 is 1.91 bits per heavy atom. The maximum atomic E-state index is 6.13. The van der Waals surface area contributed by atoms with Gasteiger partial charge in [-0.25, -0.2) is 9.97 Å². The van der Waals surface area contributed by atoms with E-state index in [0.29, 0.717) is 28.2 Å². The Labute approximate surface area is 137 Å². The number of hydrogen-bond donors (Lipinski definition) is 2. The van der Waals surface area contributed by atoms with Crippen molar-refractivity contribution in [2.24, 2.45) is 0 Å². The van der Waals surface area contributed by atoms with Gasteiger partial charge < -0.3 is 15.1 Å². The molecule has 0 spiro atoms. The first-order chi connectivity index (χ1) is 10.7. The molecular formula is C15H12Cl2N4O. The first-order valence-corrected chi connectivity index (χ1v) is 7.27. The van der Waals surface area contributed by atoms with Gasteiger partial charge in [0.1, 0.15) is 23.7 Å². The van der Waals surface area contributed by atoms with Gasteiger partial charge in [-0.05, 0) is 30.3 Å². The van der Waals surface area contributed by atoms with E-state index in [9.17, 15) is 0 Å². The Morgan fingerprint density at radius 3 is 2.68 bits per heavy atom. The number of rotatable bonds is 5. The lowest BCUT2D eigenvalue weighted by Gasteiger charge is -2.09. The van der Waals surface area contributed by atoms with Gasteiger partial charge in [0.25, 0.3) is 0 Å². The van der Waals surface area contributed by atoms with Crippen molar-refractivity contribution in [3.05, 3.63) is 64.8 Å². The molecule has 5 nitrogen and oxygen atoms in total. The molecule has 3 rings (SSSR count). The minimum absolute atomic E-state index is 0.524. The second kappa shape index (κ2) is 6.68. The number of hydrogen-bond acceptors (Lipinski definition) is 5. The van der Waals surface area contributed by atoms with E-state index in [-0.39, 0.29) is 0 Å². The van der Waals surface area contributed by atoms with Crippen LogP contribution in [0.15, 0.2) is 53.4 Å². The molecule has 1 aromatic carbocycles. The summed E-state index contributed by atoms with van der Waals surface area (Å²) in [4.78, 5) is 8.32. The topological polar surface area (TPSA) is 63.0 Å². The highest BCUT2D eigenvalue weighted by Crippen LogP contribution is 2.27. The summed E-state index contributed by atoms with van der Waals surface area (Å²) in [5.41, 5.74) is 0.724. The molecule has 0 atom stereocenters. The second-order valence-electron chi connectivity index (χ2n) is 4.47. The largest absolute Gasteiger partial charge is 0.467 e. The first kappa shape index (κ1) is 14.7. The minimum atomic E-state index is 0.524. The maximum Gasteiger partial charge on any atom is 0.135 e. The highest BCUT2D eigenvalue weighted by Gasteiger charge is 2.04.